The molecule has 0 saturated carbocycles. The van der Waals surface area contributed by atoms with Crippen LogP contribution >= 0.6 is 0 Å². The molecule has 0 spiro atoms. The molecule has 1 aliphatic rings. The first-order chi connectivity index (χ1) is 11.0. The molecule has 0 radical (unpaired) electrons. The lowest BCUT2D eigenvalue weighted by Gasteiger charge is -2.24. The van der Waals surface area contributed by atoms with Crippen LogP contribution in [0.4, 0.5) is 0 Å². The Hall–Kier alpha value is -2.17. The van der Waals surface area contributed by atoms with E-state index in [9.17, 15) is 14.4 Å². The number of carbonyl (C=O) groups is 3. The van der Waals surface area contributed by atoms with Crippen molar-refractivity contribution in [2.75, 3.05) is 6.54 Å². The van der Waals surface area contributed by atoms with Crippen LogP contribution in [-0.4, -0.2) is 40.3 Å². The van der Waals surface area contributed by atoms with Gasteiger partial charge in [0.1, 0.15) is 5.78 Å². The molecule has 1 aromatic carbocycles. The Labute approximate surface area is 136 Å². The molecule has 1 aliphatic heterocycles. The van der Waals surface area contributed by atoms with Crippen molar-refractivity contribution in [1.82, 2.24) is 4.90 Å². The van der Waals surface area contributed by atoms with Gasteiger partial charge in [0.2, 0.25) is 5.91 Å². The second kappa shape index (κ2) is 7.90. The summed E-state index contributed by atoms with van der Waals surface area (Å²) in [5, 5.41) is 8.85. The quantitative estimate of drug-likeness (QED) is 0.839. The average molecular weight is 317 g/mol. The molecule has 1 atom stereocenters. The molecule has 5 heteroatoms. The zero-order valence-electron chi connectivity index (χ0n) is 13.5. The van der Waals surface area contributed by atoms with Gasteiger partial charge in [-0.15, -0.1) is 0 Å². The monoisotopic (exact) mass is 317 g/mol. The van der Waals surface area contributed by atoms with Crippen molar-refractivity contribution < 1.29 is 19.5 Å². The fraction of sp³-hybridized carbons (Fsp3) is 0.500. The molecule has 1 N–H and O–H groups in total. The van der Waals surface area contributed by atoms with Crippen molar-refractivity contribution in [1.29, 1.82) is 0 Å². The number of rotatable bonds is 7. The summed E-state index contributed by atoms with van der Waals surface area (Å²) in [6.45, 7) is 2.67. The Morgan fingerprint density at radius 3 is 2.52 bits per heavy atom. The van der Waals surface area contributed by atoms with Crippen LogP contribution in [0.1, 0.15) is 54.9 Å². The lowest BCUT2D eigenvalue weighted by molar-refractivity contribution is -0.132. The van der Waals surface area contributed by atoms with E-state index >= 15 is 0 Å². The van der Waals surface area contributed by atoms with Crippen LogP contribution in [0.15, 0.2) is 24.3 Å². The molecule has 5 nitrogen and oxygen atoms in total. The lowest BCUT2D eigenvalue weighted by atomic mass is 10.0. The van der Waals surface area contributed by atoms with Crippen LogP contribution in [0, 0.1) is 0 Å². The zero-order chi connectivity index (χ0) is 16.8. The number of carboxylic acids is 1. The zero-order valence-corrected chi connectivity index (χ0v) is 13.5. The van der Waals surface area contributed by atoms with Gasteiger partial charge in [0, 0.05) is 31.8 Å². The molecular formula is C18H23NO4. The highest BCUT2D eigenvalue weighted by Gasteiger charge is 2.27. The minimum Gasteiger partial charge on any atom is -0.478 e. The third-order valence-electron chi connectivity index (χ3n) is 4.36. The van der Waals surface area contributed by atoms with E-state index in [2.05, 4.69) is 0 Å². The lowest BCUT2D eigenvalue weighted by Crippen LogP contribution is -2.35. The van der Waals surface area contributed by atoms with Crippen molar-refractivity contribution in [3.8, 4) is 0 Å². The van der Waals surface area contributed by atoms with Gasteiger partial charge in [0.15, 0.2) is 0 Å². The molecule has 1 heterocycles. The van der Waals surface area contributed by atoms with Gasteiger partial charge in [-0.1, -0.05) is 19.1 Å². The Balaban J connectivity index is 1.83. The minimum absolute atomic E-state index is 0.129. The minimum atomic E-state index is -0.968. The van der Waals surface area contributed by atoms with Crippen LogP contribution in [0.25, 0.3) is 0 Å². The number of hydrogen-bond acceptors (Lipinski definition) is 3. The summed E-state index contributed by atoms with van der Waals surface area (Å²) in [4.78, 5) is 36.7. The van der Waals surface area contributed by atoms with Crippen LogP contribution in [0.5, 0.6) is 0 Å². The Morgan fingerprint density at radius 1 is 1.22 bits per heavy atom. The highest BCUT2D eigenvalue weighted by molar-refractivity contribution is 5.88. The first kappa shape index (κ1) is 17.2. The second-order valence-corrected chi connectivity index (χ2v) is 5.99. The van der Waals surface area contributed by atoms with Crippen molar-refractivity contribution in [3.63, 3.8) is 0 Å². The van der Waals surface area contributed by atoms with E-state index in [1.165, 1.54) is 12.1 Å². The SMILES string of the molecule is CCC(=O)N1CCC[C@H]1CCC(=O)Cc1ccc(C(=O)O)cc1. The van der Waals surface area contributed by atoms with Crippen molar-refractivity contribution >= 4 is 17.7 Å². The van der Waals surface area contributed by atoms with Gasteiger partial charge in [0.25, 0.3) is 0 Å². The van der Waals surface area contributed by atoms with E-state index in [0.29, 0.717) is 19.3 Å². The van der Waals surface area contributed by atoms with Crippen molar-refractivity contribution in [3.05, 3.63) is 35.4 Å². The standard InChI is InChI=1S/C18H23NO4/c1-2-17(21)19-11-3-4-15(19)9-10-16(20)12-13-5-7-14(8-6-13)18(22)23/h5-8,15H,2-4,9-12H2,1H3,(H,22,23)/t15-/m0/s1. The number of likely N-dealkylation sites (tertiary alicyclic amines) is 1. The maximum atomic E-state index is 12.1. The van der Waals surface area contributed by atoms with Crippen LogP contribution in [-0.2, 0) is 16.0 Å². The van der Waals surface area contributed by atoms with Crippen LogP contribution in [0.3, 0.4) is 0 Å². The van der Waals surface area contributed by atoms with Crippen LogP contribution in [0.2, 0.25) is 0 Å². The summed E-state index contributed by atoms with van der Waals surface area (Å²) in [5.74, 6) is -0.669. The van der Waals surface area contributed by atoms with E-state index < -0.39 is 5.97 Å². The van der Waals surface area contributed by atoms with Gasteiger partial charge in [0.05, 0.1) is 5.56 Å². The first-order valence-electron chi connectivity index (χ1n) is 8.14. The van der Waals surface area contributed by atoms with Gasteiger partial charge in [-0.3, -0.25) is 9.59 Å². The molecule has 0 bridgehead atoms. The molecular weight excluding hydrogens is 294 g/mol. The Morgan fingerprint density at radius 2 is 1.91 bits per heavy atom. The van der Waals surface area contributed by atoms with E-state index in [0.717, 1.165) is 31.4 Å². The fourth-order valence-electron chi connectivity index (χ4n) is 3.08. The second-order valence-electron chi connectivity index (χ2n) is 5.99. The smallest absolute Gasteiger partial charge is 0.335 e. The highest BCUT2D eigenvalue weighted by Crippen LogP contribution is 2.22. The summed E-state index contributed by atoms with van der Waals surface area (Å²) in [6, 6.07) is 6.60. The number of hydrogen-bond donors (Lipinski definition) is 1. The van der Waals surface area contributed by atoms with Gasteiger partial charge in [-0.2, -0.15) is 0 Å². The molecule has 23 heavy (non-hydrogen) atoms. The molecule has 0 aromatic heterocycles. The van der Waals surface area contributed by atoms with E-state index in [-0.39, 0.29) is 23.3 Å². The van der Waals surface area contributed by atoms with Gasteiger partial charge in [-0.25, -0.2) is 4.79 Å². The Kier molecular flexibility index (Phi) is 5.90. The third kappa shape index (κ3) is 4.65. The highest BCUT2D eigenvalue weighted by atomic mass is 16.4. The summed E-state index contributed by atoms with van der Waals surface area (Å²) in [5.41, 5.74) is 1.05. The molecule has 1 saturated heterocycles. The number of carboxylic acid groups (broad SMARTS) is 1. The number of ketones is 1. The van der Waals surface area contributed by atoms with Crippen molar-refractivity contribution in [2.45, 2.75) is 51.5 Å². The summed E-state index contributed by atoms with van der Waals surface area (Å²) < 4.78 is 0. The number of nitrogens with zero attached hydrogens (tertiary/aromatic N) is 1. The normalized spacial score (nSPS) is 17.3. The molecule has 0 aliphatic carbocycles. The number of benzene rings is 1. The van der Waals surface area contributed by atoms with Crippen LogP contribution < -0.4 is 0 Å². The fourth-order valence-corrected chi connectivity index (χ4v) is 3.08. The van der Waals surface area contributed by atoms with Gasteiger partial charge < -0.3 is 10.0 Å². The maximum Gasteiger partial charge on any atom is 0.335 e. The molecule has 0 unspecified atom stereocenters. The average Bonchev–Trinajstić information content (AvgIpc) is 3.01. The van der Waals surface area contributed by atoms with Gasteiger partial charge >= 0.3 is 5.97 Å². The first-order valence-corrected chi connectivity index (χ1v) is 8.14. The van der Waals surface area contributed by atoms with Crippen molar-refractivity contribution in [2.24, 2.45) is 0 Å². The predicted octanol–water partition coefficient (Wildman–Crippen LogP) is 2.68. The molecule has 124 valence electrons. The number of Topliss-reactive ketones (excluding diaryl/α,β-unsaturated/α-hetero) is 1. The maximum absolute atomic E-state index is 12.1. The van der Waals surface area contributed by atoms with Gasteiger partial charge in [-0.05, 0) is 37.0 Å². The number of aromatic carboxylic acids is 1. The third-order valence-corrected chi connectivity index (χ3v) is 4.36. The molecule has 1 fully saturated rings. The largest absolute Gasteiger partial charge is 0.478 e. The van der Waals surface area contributed by atoms with E-state index in [4.69, 9.17) is 5.11 Å². The summed E-state index contributed by atoms with van der Waals surface area (Å²) >= 11 is 0. The summed E-state index contributed by atoms with van der Waals surface area (Å²) in [6.07, 6.45) is 4.00. The summed E-state index contributed by atoms with van der Waals surface area (Å²) in [7, 11) is 0. The number of amides is 1. The number of carbonyl (C=O) groups excluding carboxylic acids is 2. The topological polar surface area (TPSA) is 74.7 Å². The van der Waals surface area contributed by atoms with E-state index in [1.54, 1.807) is 12.1 Å². The molecule has 2 rings (SSSR count). The molecule has 1 aromatic rings. The predicted molar refractivity (Wildman–Crippen MR) is 86.4 cm³/mol. The Bertz CT molecular complexity index is 579. The van der Waals surface area contributed by atoms with E-state index in [1.807, 2.05) is 11.8 Å². The molecule has 1 amide bonds.